The van der Waals surface area contributed by atoms with Gasteiger partial charge in [0.2, 0.25) is 5.82 Å². The molecule has 1 saturated heterocycles. The summed E-state index contributed by atoms with van der Waals surface area (Å²) >= 11 is 1.55. The van der Waals surface area contributed by atoms with Gasteiger partial charge in [-0.05, 0) is 18.8 Å². The van der Waals surface area contributed by atoms with Crippen LogP contribution in [0.25, 0.3) is 0 Å². The number of aliphatic carboxylic acids is 1. The standard InChI is InChI=1S/C12H16N4O3S/c1-2-8-13-9(15-14-8)10(17)16-7(12(18)19)5-20-11(16)6-3-4-6/h6-7,11H,2-5H2,1H3,(H,18,19)(H,13,14,15). The van der Waals surface area contributed by atoms with E-state index in [4.69, 9.17) is 0 Å². The second-order valence-electron chi connectivity index (χ2n) is 5.09. The first-order valence-electron chi connectivity index (χ1n) is 6.70. The molecule has 7 nitrogen and oxygen atoms in total. The van der Waals surface area contributed by atoms with Crippen LogP contribution < -0.4 is 0 Å². The van der Waals surface area contributed by atoms with Gasteiger partial charge in [0, 0.05) is 12.2 Å². The smallest absolute Gasteiger partial charge is 0.327 e. The zero-order valence-corrected chi connectivity index (χ0v) is 11.9. The van der Waals surface area contributed by atoms with Crippen molar-refractivity contribution in [3.05, 3.63) is 11.6 Å². The topological polar surface area (TPSA) is 99.2 Å². The van der Waals surface area contributed by atoms with Crippen molar-refractivity contribution in [3.63, 3.8) is 0 Å². The van der Waals surface area contributed by atoms with Crippen molar-refractivity contribution in [2.45, 2.75) is 37.6 Å². The molecule has 2 fully saturated rings. The number of H-pyrrole nitrogens is 1. The summed E-state index contributed by atoms with van der Waals surface area (Å²) in [4.78, 5) is 29.5. The highest BCUT2D eigenvalue weighted by Gasteiger charge is 2.48. The van der Waals surface area contributed by atoms with Gasteiger partial charge in [-0.1, -0.05) is 6.92 Å². The molecule has 0 spiro atoms. The number of carboxylic acid groups (broad SMARTS) is 1. The number of carbonyl (C=O) groups excluding carboxylic acids is 1. The number of rotatable bonds is 4. The Hall–Kier alpha value is -1.57. The van der Waals surface area contributed by atoms with Crippen LogP contribution in [0.1, 0.15) is 36.2 Å². The number of aromatic amines is 1. The highest BCUT2D eigenvalue weighted by molar-refractivity contribution is 8.00. The van der Waals surface area contributed by atoms with Crippen molar-refractivity contribution >= 4 is 23.6 Å². The first-order chi connectivity index (χ1) is 9.61. The third-order valence-corrected chi connectivity index (χ3v) is 5.10. The molecule has 2 heterocycles. The van der Waals surface area contributed by atoms with Crippen molar-refractivity contribution in [2.24, 2.45) is 5.92 Å². The highest BCUT2D eigenvalue weighted by Crippen LogP contribution is 2.45. The lowest BCUT2D eigenvalue weighted by atomic mass is 10.2. The Kier molecular flexibility index (Phi) is 3.41. The minimum atomic E-state index is -0.958. The van der Waals surface area contributed by atoms with Gasteiger partial charge in [-0.3, -0.25) is 9.89 Å². The average molecular weight is 296 g/mol. The van der Waals surface area contributed by atoms with Crippen LogP contribution in [0, 0.1) is 5.92 Å². The van der Waals surface area contributed by atoms with Crippen molar-refractivity contribution in [3.8, 4) is 0 Å². The van der Waals surface area contributed by atoms with E-state index < -0.39 is 12.0 Å². The lowest BCUT2D eigenvalue weighted by molar-refractivity contribution is -0.141. The summed E-state index contributed by atoms with van der Waals surface area (Å²) in [6.07, 6.45) is 2.77. The maximum Gasteiger partial charge on any atom is 0.327 e. The Morgan fingerprint density at radius 1 is 1.50 bits per heavy atom. The Labute approximate surface area is 120 Å². The second kappa shape index (κ2) is 5.08. The number of carbonyl (C=O) groups is 2. The third-order valence-electron chi connectivity index (χ3n) is 3.64. The molecule has 0 bridgehead atoms. The molecule has 0 radical (unpaired) electrons. The van der Waals surface area contributed by atoms with Crippen LogP contribution in [0.4, 0.5) is 0 Å². The number of aryl methyl sites for hydroxylation is 1. The normalized spacial score (nSPS) is 25.9. The largest absolute Gasteiger partial charge is 0.480 e. The number of thioether (sulfide) groups is 1. The molecule has 2 aliphatic rings. The van der Waals surface area contributed by atoms with Crippen LogP contribution in [0.15, 0.2) is 0 Å². The van der Waals surface area contributed by atoms with E-state index in [0.717, 1.165) is 12.8 Å². The summed E-state index contributed by atoms with van der Waals surface area (Å²) in [7, 11) is 0. The molecule has 2 N–H and O–H groups in total. The molecule has 1 saturated carbocycles. The summed E-state index contributed by atoms with van der Waals surface area (Å²) < 4.78 is 0. The zero-order valence-electron chi connectivity index (χ0n) is 11.1. The summed E-state index contributed by atoms with van der Waals surface area (Å²) in [5.74, 6) is 0.220. The van der Waals surface area contributed by atoms with Crippen LogP contribution in [0.5, 0.6) is 0 Å². The van der Waals surface area contributed by atoms with E-state index in [1.165, 1.54) is 4.90 Å². The Bertz CT molecular complexity index is 543. The van der Waals surface area contributed by atoms with Gasteiger partial charge in [0.05, 0.1) is 5.37 Å². The number of hydrogen-bond acceptors (Lipinski definition) is 5. The Morgan fingerprint density at radius 2 is 2.25 bits per heavy atom. The average Bonchev–Trinajstić information content (AvgIpc) is 3.02. The second-order valence-corrected chi connectivity index (χ2v) is 6.24. The number of nitrogens with one attached hydrogen (secondary N) is 1. The predicted octanol–water partition coefficient (Wildman–Crippen LogP) is 0.745. The summed E-state index contributed by atoms with van der Waals surface area (Å²) in [6.45, 7) is 1.91. The SMILES string of the molecule is CCc1nc(C(=O)N2C(C(=O)O)CSC2C2CC2)n[nH]1. The van der Waals surface area contributed by atoms with Crippen LogP contribution >= 0.6 is 11.8 Å². The minimum Gasteiger partial charge on any atom is -0.480 e. The Balaban J connectivity index is 1.86. The van der Waals surface area contributed by atoms with E-state index in [-0.39, 0.29) is 17.1 Å². The molecule has 3 rings (SSSR count). The van der Waals surface area contributed by atoms with E-state index in [1.54, 1.807) is 11.8 Å². The molecule has 108 valence electrons. The molecule has 1 aliphatic carbocycles. The number of amides is 1. The minimum absolute atomic E-state index is 0.0489. The molecular formula is C12H16N4O3S. The number of aromatic nitrogens is 3. The zero-order chi connectivity index (χ0) is 14.3. The maximum absolute atomic E-state index is 12.5. The van der Waals surface area contributed by atoms with Crippen molar-refractivity contribution in [1.82, 2.24) is 20.1 Å². The van der Waals surface area contributed by atoms with E-state index in [0.29, 0.717) is 23.9 Å². The Morgan fingerprint density at radius 3 is 2.80 bits per heavy atom. The molecular weight excluding hydrogens is 280 g/mol. The first kappa shape index (κ1) is 13.4. The molecule has 1 amide bonds. The van der Waals surface area contributed by atoms with Crippen molar-refractivity contribution in [2.75, 3.05) is 5.75 Å². The van der Waals surface area contributed by atoms with Gasteiger partial charge in [0.1, 0.15) is 11.9 Å². The van der Waals surface area contributed by atoms with Crippen LogP contribution in [0.3, 0.4) is 0 Å². The fourth-order valence-electron chi connectivity index (χ4n) is 2.38. The maximum atomic E-state index is 12.5. The highest BCUT2D eigenvalue weighted by atomic mass is 32.2. The molecule has 2 atom stereocenters. The number of nitrogens with zero attached hydrogens (tertiary/aromatic N) is 3. The fourth-order valence-corrected chi connectivity index (χ4v) is 4.01. The number of carboxylic acids is 1. The number of hydrogen-bond donors (Lipinski definition) is 2. The van der Waals surface area contributed by atoms with Crippen LogP contribution in [-0.4, -0.2) is 54.2 Å². The summed E-state index contributed by atoms with van der Waals surface area (Å²) in [5, 5.41) is 15.9. The van der Waals surface area contributed by atoms with E-state index in [9.17, 15) is 14.7 Å². The van der Waals surface area contributed by atoms with Gasteiger partial charge in [0.15, 0.2) is 0 Å². The van der Waals surface area contributed by atoms with E-state index in [1.807, 2.05) is 6.92 Å². The lowest BCUT2D eigenvalue weighted by Gasteiger charge is -2.26. The first-order valence-corrected chi connectivity index (χ1v) is 7.75. The van der Waals surface area contributed by atoms with Crippen molar-refractivity contribution in [1.29, 1.82) is 0 Å². The summed E-state index contributed by atoms with van der Waals surface area (Å²) in [6, 6.07) is -0.776. The fraction of sp³-hybridized carbons (Fsp3) is 0.667. The van der Waals surface area contributed by atoms with Crippen LogP contribution in [-0.2, 0) is 11.2 Å². The summed E-state index contributed by atoms with van der Waals surface area (Å²) in [5.41, 5.74) is 0. The van der Waals surface area contributed by atoms with E-state index >= 15 is 0 Å². The van der Waals surface area contributed by atoms with Gasteiger partial charge in [-0.25, -0.2) is 9.78 Å². The molecule has 2 unspecified atom stereocenters. The van der Waals surface area contributed by atoms with E-state index in [2.05, 4.69) is 15.2 Å². The van der Waals surface area contributed by atoms with Gasteiger partial charge in [-0.2, -0.15) is 0 Å². The molecule has 1 aliphatic heterocycles. The van der Waals surface area contributed by atoms with Crippen molar-refractivity contribution < 1.29 is 14.7 Å². The van der Waals surface area contributed by atoms with Gasteiger partial charge < -0.3 is 10.0 Å². The van der Waals surface area contributed by atoms with Gasteiger partial charge in [0.25, 0.3) is 5.91 Å². The quantitative estimate of drug-likeness (QED) is 0.850. The molecule has 0 aromatic carbocycles. The van der Waals surface area contributed by atoms with Crippen LogP contribution in [0.2, 0.25) is 0 Å². The molecule has 1 aromatic heterocycles. The third kappa shape index (κ3) is 2.28. The van der Waals surface area contributed by atoms with Gasteiger partial charge >= 0.3 is 5.97 Å². The lowest BCUT2D eigenvalue weighted by Crippen LogP contribution is -2.46. The predicted molar refractivity (Wildman–Crippen MR) is 72.3 cm³/mol. The molecule has 1 aromatic rings. The van der Waals surface area contributed by atoms with Gasteiger partial charge in [-0.15, -0.1) is 16.9 Å². The molecule has 8 heteroatoms. The molecule has 20 heavy (non-hydrogen) atoms. The monoisotopic (exact) mass is 296 g/mol.